The Kier molecular flexibility index (Phi) is 4.89. The first-order valence-corrected chi connectivity index (χ1v) is 10.8. The highest BCUT2D eigenvalue weighted by Gasteiger charge is 2.23. The number of fused-ring (bicyclic) bond motifs is 4. The summed E-state index contributed by atoms with van der Waals surface area (Å²) in [6.07, 6.45) is 0.836. The van der Waals surface area contributed by atoms with E-state index >= 15 is 0 Å². The van der Waals surface area contributed by atoms with Gasteiger partial charge in [0, 0.05) is 11.6 Å². The van der Waals surface area contributed by atoms with Gasteiger partial charge in [0.05, 0.1) is 24.7 Å². The zero-order valence-corrected chi connectivity index (χ0v) is 18.7. The summed E-state index contributed by atoms with van der Waals surface area (Å²) in [5, 5.41) is 0.513. The lowest BCUT2D eigenvalue weighted by Crippen LogP contribution is -2.26. The van der Waals surface area contributed by atoms with Crippen molar-refractivity contribution in [2.45, 2.75) is 39.8 Å². The molecular formula is C25H25N5O2. The number of methoxy groups -OCH3 is 1. The minimum absolute atomic E-state index is 0.0421. The van der Waals surface area contributed by atoms with Crippen LogP contribution in [0.3, 0.4) is 0 Å². The second-order valence-electron chi connectivity index (χ2n) is 8.07. The van der Waals surface area contributed by atoms with E-state index < -0.39 is 0 Å². The molecule has 0 spiro atoms. The minimum Gasteiger partial charge on any atom is -0.496 e. The van der Waals surface area contributed by atoms with Crippen LogP contribution in [-0.4, -0.2) is 31.2 Å². The SMILES string of the molecule is CC[C@H](C)n1c(C)nc2c(c1=O)c1nc3ccccc3nc1n2Cc1ccccc1OC. The average molecular weight is 428 g/mol. The molecule has 3 heterocycles. The van der Waals surface area contributed by atoms with Crippen LogP contribution < -0.4 is 10.3 Å². The first-order chi connectivity index (χ1) is 15.5. The molecule has 0 aliphatic carbocycles. The van der Waals surface area contributed by atoms with Gasteiger partial charge < -0.3 is 9.30 Å². The molecule has 0 radical (unpaired) electrons. The van der Waals surface area contributed by atoms with Crippen LogP contribution in [-0.2, 0) is 6.54 Å². The molecule has 5 aromatic rings. The molecule has 162 valence electrons. The standard InChI is InChI=1S/C25H25N5O2/c1-5-15(2)30-16(3)26-23-21(25(30)31)22-24(28-19-12-8-7-11-18(19)27-22)29(23)14-17-10-6-9-13-20(17)32-4/h6-13,15H,5,14H2,1-4H3/t15-/m0/s1. The van der Waals surface area contributed by atoms with Gasteiger partial charge >= 0.3 is 0 Å². The van der Waals surface area contributed by atoms with Crippen LogP contribution in [0.1, 0.15) is 37.7 Å². The molecule has 0 saturated carbocycles. The van der Waals surface area contributed by atoms with Crippen molar-refractivity contribution in [2.75, 3.05) is 7.11 Å². The highest BCUT2D eigenvalue weighted by Crippen LogP contribution is 2.29. The summed E-state index contributed by atoms with van der Waals surface area (Å²) in [5.41, 5.74) is 4.28. The fraction of sp³-hybridized carbons (Fsp3) is 0.280. The molecule has 0 amide bonds. The third kappa shape index (κ3) is 3.04. The topological polar surface area (TPSA) is 74.8 Å². The number of para-hydroxylation sites is 3. The van der Waals surface area contributed by atoms with E-state index in [0.29, 0.717) is 34.6 Å². The minimum atomic E-state index is -0.0739. The largest absolute Gasteiger partial charge is 0.496 e. The molecule has 2 aromatic carbocycles. The zero-order chi connectivity index (χ0) is 22.4. The molecule has 0 saturated heterocycles. The monoisotopic (exact) mass is 427 g/mol. The van der Waals surface area contributed by atoms with E-state index in [9.17, 15) is 4.79 Å². The van der Waals surface area contributed by atoms with E-state index in [1.54, 1.807) is 11.7 Å². The van der Waals surface area contributed by atoms with Gasteiger partial charge in [0.25, 0.3) is 5.56 Å². The summed E-state index contributed by atoms with van der Waals surface area (Å²) >= 11 is 0. The highest BCUT2D eigenvalue weighted by atomic mass is 16.5. The smallest absolute Gasteiger partial charge is 0.265 e. The van der Waals surface area contributed by atoms with E-state index in [0.717, 1.165) is 28.8 Å². The Balaban J connectivity index is 1.91. The molecule has 32 heavy (non-hydrogen) atoms. The Morgan fingerprint density at radius 2 is 1.66 bits per heavy atom. The summed E-state index contributed by atoms with van der Waals surface area (Å²) in [6, 6.07) is 15.6. The van der Waals surface area contributed by atoms with Crippen LogP contribution in [0.15, 0.2) is 53.3 Å². The average Bonchev–Trinajstić information content (AvgIpc) is 3.10. The second kappa shape index (κ2) is 7.75. The third-order valence-electron chi connectivity index (χ3n) is 6.13. The lowest BCUT2D eigenvalue weighted by Gasteiger charge is -2.16. The van der Waals surface area contributed by atoms with Gasteiger partial charge in [-0.1, -0.05) is 37.3 Å². The Morgan fingerprint density at radius 3 is 2.38 bits per heavy atom. The van der Waals surface area contributed by atoms with Gasteiger partial charge in [-0.2, -0.15) is 0 Å². The van der Waals surface area contributed by atoms with Crippen molar-refractivity contribution in [1.82, 2.24) is 24.1 Å². The van der Waals surface area contributed by atoms with E-state index in [1.807, 2.05) is 66.9 Å². The van der Waals surface area contributed by atoms with Crippen molar-refractivity contribution in [1.29, 1.82) is 0 Å². The molecule has 3 aromatic heterocycles. The lowest BCUT2D eigenvalue weighted by molar-refractivity contribution is 0.409. The summed E-state index contributed by atoms with van der Waals surface area (Å²) in [5.74, 6) is 1.46. The molecule has 0 aliphatic heterocycles. The Morgan fingerprint density at radius 1 is 0.969 bits per heavy atom. The third-order valence-corrected chi connectivity index (χ3v) is 6.13. The van der Waals surface area contributed by atoms with Gasteiger partial charge in [0.2, 0.25) is 0 Å². The molecule has 0 aliphatic rings. The fourth-order valence-electron chi connectivity index (χ4n) is 4.33. The number of benzene rings is 2. The maximum atomic E-state index is 13.7. The zero-order valence-electron chi connectivity index (χ0n) is 18.7. The van der Waals surface area contributed by atoms with Crippen molar-refractivity contribution >= 4 is 33.2 Å². The predicted octanol–water partition coefficient (Wildman–Crippen LogP) is 4.63. The van der Waals surface area contributed by atoms with Crippen molar-refractivity contribution in [2.24, 2.45) is 0 Å². The molecule has 7 nitrogen and oxygen atoms in total. The molecule has 7 heteroatoms. The maximum absolute atomic E-state index is 13.7. The molecule has 0 fully saturated rings. The number of hydrogen-bond donors (Lipinski definition) is 0. The Hall–Kier alpha value is -3.74. The van der Waals surface area contributed by atoms with Crippen LogP contribution >= 0.6 is 0 Å². The van der Waals surface area contributed by atoms with Crippen LogP contribution in [0.25, 0.3) is 33.2 Å². The fourth-order valence-corrected chi connectivity index (χ4v) is 4.33. The molecular weight excluding hydrogens is 402 g/mol. The van der Waals surface area contributed by atoms with Gasteiger partial charge in [-0.25, -0.2) is 15.0 Å². The van der Waals surface area contributed by atoms with Crippen LogP contribution in [0, 0.1) is 6.92 Å². The van der Waals surface area contributed by atoms with E-state index in [1.165, 1.54) is 0 Å². The molecule has 0 N–H and O–H groups in total. The number of aromatic nitrogens is 5. The Labute approximate surface area is 185 Å². The second-order valence-corrected chi connectivity index (χ2v) is 8.07. The Bertz CT molecular complexity index is 1530. The number of hydrogen-bond acceptors (Lipinski definition) is 5. The summed E-state index contributed by atoms with van der Waals surface area (Å²) in [6.45, 7) is 6.46. The van der Waals surface area contributed by atoms with Crippen molar-refractivity contribution < 1.29 is 4.74 Å². The van der Waals surface area contributed by atoms with E-state index in [4.69, 9.17) is 19.7 Å². The normalized spacial score (nSPS) is 12.6. The maximum Gasteiger partial charge on any atom is 0.265 e. The van der Waals surface area contributed by atoms with Gasteiger partial charge in [-0.05, 0) is 38.5 Å². The van der Waals surface area contributed by atoms with Gasteiger partial charge in [-0.3, -0.25) is 9.36 Å². The number of aryl methyl sites for hydroxylation is 1. The van der Waals surface area contributed by atoms with E-state index in [-0.39, 0.29) is 11.6 Å². The summed E-state index contributed by atoms with van der Waals surface area (Å²) in [7, 11) is 1.66. The van der Waals surface area contributed by atoms with Crippen molar-refractivity contribution in [3.05, 3.63) is 70.3 Å². The van der Waals surface area contributed by atoms with E-state index in [2.05, 4.69) is 6.92 Å². The lowest BCUT2D eigenvalue weighted by atomic mass is 10.2. The summed E-state index contributed by atoms with van der Waals surface area (Å²) in [4.78, 5) is 28.4. The summed E-state index contributed by atoms with van der Waals surface area (Å²) < 4.78 is 9.32. The molecule has 0 bridgehead atoms. The van der Waals surface area contributed by atoms with Crippen molar-refractivity contribution in [3.63, 3.8) is 0 Å². The highest BCUT2D eigenvalue weighted by molar-refractivity contribution is 6.04. The van der Waals surface area contributed by atoms with Gasteiger partial charge in [0.15, 0.2) is 11.3 Å². The van der Waals surface area contributed by atoms with Crippen LogP contribution in [0.4, 0.5) is 0 Å². The van der Waals surface area contributed by atoms with Gasteiger partial charge in [-0.15, -0.1) is 0 Å². The number of ether oxygens (including phenoxy) is 1. The predicted molar refractivity (Wildman–Crippen MR) is 126 cm³/mol. The first kappa shape index (κ1) is 20.2. The van der Waals surface area contributed by atoms with Crippen molar-refractivity contribution in [3.8, 4) is 5.75 Å². The number of nitrogens with zero attached hydrogens (tertiary/aromatic N) is 5. The van der Waals surface area contributed by atoms with Crippen LogP contribution in [0.5, 0.6) is 5.75 Å². The van der Waals surface area contributed by atoms with Crippen LogP contribution in [0.2, 0.25) is 0 Å². The molecule has 5 rings (SSSR count). The molecule has 1 atom stereocenters. The number of rotatable bonds is 5. The first-order valence-electron chi connectivity index (χ1n) is 10.8. The quantitative estimate of drug-likeness (QED) is 0.409. The molecule has 0 unspecified atom stereocenters. The van der Waals surface area contributed by atoms with Gasteiger partial charge in [0.1, 0.15) is 22.5 Å².